The standard InChI is InChI=1S/C23H23N7O2/c1-4-5-9-15-20-24-12-25-30(20)11-16(26-15)18-27-19-17(21(31)28-18)23(3,22(32)29-19)14-8-6-7-13(2)10-14/h6-8,10-12H,4-5,9H2,1-3H3,(H2,27,28,29,31,32). The van der Waals surface area contributed by atoms with E-state index in [0.29, 0.717) is 16.9 Å². The van der Waals surface area contributed by atoms with Crippen molar-refractivity contribution in [3.05, 3.63) is 69.5 Å². The highest BCUT2D eigenvalue weighted by Gasteiger charge is 2.47. The molecule has 4 aromatic rings. The van der Waals surface area contributed by atoms with Crippen molar-refractivity contribution in [3.8, 4) is 11.5 Å². The van der Waals surface area contributed by atoms with Crippen LogP contribution in [0, 0.1) is 6.92 Å². The third kappa shape index (κ3) is 3.00. The van der Waals surface area contributed by atoms with Gasteiger partial charge in [-0.05, 0) is 32.3 Å². The van der Waals surface area contributed by atoms with E-state index in [1.807, 2.05) is 31.2 Å². The van der Waals surface area contributed by atoms with Crippen molar-refractivity contribution in [2.45, 2.75) is 45.4 Å². The molecule has 1 atom stereocenters. The van der Waals surface area contributed by atoms with Crippen molar-refractivity contribution in [1.82, 2.24) is 29.5 Å². The summed E-state index contributed by atoms with van der Waals surface area (Å²) in [6.07, 6.45) is 5.87. The van der Waals surface area contributed by atoms with Crippen LogP contribution in [-0.2, 0) is 16.6 Å². The number of aromatic amines is 1. The van der Waals surface area contributed by atoms with Gasteiger partial charge >= 0.3 is 0 Å². The summed E-state index contributed by atoms with van der Waals surface area (Å²) in [7, 11) is 0. The first-order valence-corrected chi connectivity index (χ1v) is 10.6. The molecule has 1 aromatic carbocycles. The maximum Gasteiger partial charge on any atom is 0.257 e. The number of anilines is 1. The number of unbranched alkanes of at least 4 members (excludes halogenated alkanes) is 1. The van der Waals surface area contributed by atoms with E-state index < -0.39 is 5.41 Å². The number of amides is 1. The Morgan fingerprint density at radius 2 is 2.03 bits per heavy atom. The first kappa shape index (κ1) is 20.0. The summed E-state index contributed by atoms with van der Waals surface area (Å²) in [6.45, 7) is 5.81. The third-order valence-corrected chi connectivity index (χ3v) is 6.04. The van der Waals surface area contributed by atoms with Crippen LogP contribution >= 0.6 is 0 Å². The Bertz CT molecular complexity index is 1420. The second kappa shape index (κ2) is 7.37. The predicted molar refractivity (Wildman–Crippen MR) is 120 cm³/mol. The number of fused-ring (bicyclic) bond motifs is 2. The highest BCUT2D eigenvalue weighted by molar-refractivity contribution is 6.07. The lowest BCUT2D eigenvalue weighted by molar-refractivity contribution is -0.119. The molecule has 0 saturated heterocycles. The quantitative estimate of drug-likeness (QED) is 0.504. The molecule has 32 heavy (non-hydrogen) atoms. The van der Waals surface area contributed by atoms with Gasteiger partial charge in [0.15, 0.2) is 11.5 Å². The predicted octanol–water partition coefficient (Wildman–Crippen LogP) is 2.78. The molecule has 1 amide bonds. The number of nitrogens with one attached hydrogen (secondary N) is 2. The SMILES string of the molecule is CCCCc1nc(-c2nc3c(c(=O)[nH]2)C(C)(c2cccc(C)c2)C(=O)N3)cn2ncnc12. The minimum atomic E-state index is -1.13. The lowest BCUT2D eigenvalue weighted by Gasteiger charge is -2.22. The fourth-order valence-corrected chi connectivity index (χ4v) is 4.24. The first-order chi connectivity index (χ1) is 15.4. The van der Waals surface area contributed by atoms with Gasteiger partial charge in [0.05, 0.1) is 17.5 Å². The van der Waals surface area contributed by atoms with E-state index in [0.717, 1.165) is 36.1 Å². The number of H-pyrrole nitrogens is 1. The summed E-state index contributed by atoms with van der Waals surface area (Å²) in [6, 6.07) is 7.61. The maximum atomic E-state index is 13.2. The van der Waals surface area contributed by atoms with Crippen molar-refractivity contribution >= 4 is 17.4 Å². The zero-order chi connectivity index (χ0) is 22.5. The van der Waals surface area contributed by atoms with Gasteiger partial charge in [-0.1, -0.05) is 43.2 Å². The van der Waals surface area contributed by atoms with Crippen molar-refractivity contribution in [2.75, 3.05) is 5.32 Å². The van der Waals surface area contributed by atoms with Gasteiger partial charge in [0.1, 0.15) is 23.3 Å². The minimum absolute atomic E-state index is 0.258. The van der Waals surface area contributed by atoms with Gasteiger partial charge in [0.2, 0.25) is 5.91 Å². The Morgan fingerprint density at radius 1 is 1.19 bits per heavy atom. The molecule has 0 saturated carbocycles. The molecule has 5 rings (SSSR count). The van der Waals surface area contributed by atoms with Gasteiger partial charge in [0, 0.05) is 0 Å². The number of hydrogen-bond acceptors (Lipinski definition) is 6. The van der Waals surface area contributed by atoms with Gasteiger partial charge in [-0.15, -0.1) is 0 Å². The van der Waals surface area contributed by atoms with Gasteiger partial charge in [0.25, 0.3) is 5.56 Å². The van der Waals surface area contributed by atoms with E-state index in [1.165, 1.54) is 6.33 Å². The van der Waals surface area contributed by atoms with Crippen LogP contribution in [0.5, 0.6) is 0 Å². The number of benzene rings is 1. The van der Waals surface area contributed by atoms with Crippen LogP contribution in [0.25, 0.3) is 17.2 Å². The van der Waals surface area contributed by atoms with E-state index in [1.54, 1.807) is 17.6 Å². The molecular formula is C23H23N7O2. The first-order valence-electron chi connectivity index (χ1n) is 10.6. The molecule has 9 heteroatoms. The van der Waals surface area contributed by atoms with Gasteiger partial charge in [-0.25, -0.2) is 19.5 Å². The van der Waals surface area contributed by atoms with Crippen molar-refractivity contribution in [3.63, 3.8) is 0 Å². The molecule has 3 aromatic heterocycles. The largest absolute Gasteiger partial charge is 0.309 e. The molecule has 0 aliphatic carbocycles. The van der Waals surface area contributed by atoms with Crippen LogP contribution in [-0.4, -0.2) is 35.5 Å². The average molecular weight is 429 g/mol. The number of rotatable bonds is 5. The Morgan fingerprint density at radius 3 is 2.81 bits per heavy atom. The van der Waals surface area contributed by atoms with Crippen LogP contribution in [0.4, 0.5) is 5.82 Å². The molecule has 1 aliphatic heterocycles. The van der Waals surface area contributed by atoms with Gasteiger partial charge < -0.3 is 10.3 Å². The lowest BCUT2D eigenvalue weighted by atomic mass is 9.78. The second-order valence-electron chi connectivity index (χ2n) is 8.29. The number of aryl methyl sites for hydroxylation is 2. The second-order valence-corrected chi connectivity index (χ2v) is 8.29. The summed E-state index contributed by atoms with van der Waals surface area (Å²) >= 11 is 0. The highest BCUT2D eigenvalue weighted by Crippen LogP contribution is 2.40. The van der Waals surface area contributed by atoms with Crippen LogP contribution in [0.2, 0.25) is 0 Å². The molecular weight excluding hydrogens is 406 g/mol. The summed E-state index contributed by atoms with van der Waals surface area (Å²) in [5.74, 6) is 0.252. The topological polar surface area (TPSA) is 118 Å². The summed E-state index contributed by atoms with van der Waals surface area (Å²) in [4.78, 5) is 42.7. The zero-order valence-electron chi connectivity index (χ0n) is 18.1. The van der Waals surface area contributed by atoms with Crippen molar-refractivity contribution in [1.29, 1.82) is 0 Å². The molecule has 4 heterocycles. The number of aromatic nitrogens is 6. The minimum Gasteiger partial charge on any atom is -0.309 e. The Kier molecular flexibility index (Phi) is 4.61. The van der Waals surface area contributed by atoms with Crippen LogP contribution in [0.15, 0.2) is 41.6 Å². The molecule has 2 N–H and O–H groups in total. The molecule has 162 valence electrons. The Balaban J connectivity index is 1.65. The normalized spacial score (nSPS) is 17.5. The monoisotopic (exact) mass is 429 g/mol. The zero-order valence-corrected chi connectivity index (χ0v) is 18.1. The average Bonchev–Trinajstić information content (AvgIpc) is 3.35. The molecule has 1 unspecified atom stereocenters. The Labute approximate surface area is 184 Å². The molecule has 0 fully saturated rings. The number of nitrogens with zero attached hydrogens (tertiary/aromatic N) is 5. The fraction of sp³-hybridized carbons (Fsp3) is 0.304. The molecule has 0 spiro atoms. The van der Waals surface area contributed by atoms with Crippen molar-refractivity contribution < 1.29 is 4.79 Å². The molecule has 0 bridgehead atoms. The number of carbonyl (C=O) groups is 1. The van der Waals surface area contributed by atoms with E-state index in [9.17, 15) is 9.59 Å². The highest BCUT2D eigenvalue weighted by atomic mass is 16.2. The lowest BCUT2D eigenvalue weighted by Crippen LogP contribution is -2.36. The summed E-state index contributed by atoms with van der Waals surface area (Å²) < 4.78 is 1.63. The molecule has 1 aliphatic rings. The summed E-state index contributed by atoms with van der Waals surface area (Å²) in [5, 5.41) is 7.03. The Hall–Kier alpha value is -3.88. The number of carbonyl (C=O) groups excluding carboxylic acids is 1. The third-order valence-electron chi connectivity index (χ3n) is 6.04. The smallest absolute Gasteiger partial charge is 0.257 e. The van der Waals surface area contributed by atoms with Gasteiger partial charge in [-0.3, -0.25) is 9.59 Å². The van der Waals surface area contributed by atoms with Crippen LogP contribution in [0.1, 0.15) is 49.1 Å². The van der Waals surface area contributed by atoms with E-state index in [4.69, 9.17) is 4.98 Å². The molecule has 9 nitrogen and oxygen atoms in total. The van der Waals surface area contributed by atoms with E-state index >= 15 is 0 Å². The van der Waals surface area contributed by atoms with E-state index in [2.05, 4.69) is 32.3 Å². The van der Waals surface area contributed by atoms with E-state index in [-0.39, 0.29) is 23.1 Å². The van der Waals surface area contributed by atoms with Crippen LogP contribution < -0.4 is 10.9 Å². The van der Waals surface area contributed by atoms with Gasteiger partial charge in [-0.2, -0.15) is 5.10 Å². The van der Waals surface area contributed by atoms with Crippen molar-refractivity contribution in [2.24, 2.45) is 0 Å². The maximum absolute atomic E-state index is 13.2. The number of hydrogen-bond donors (Lipinski definition) is 2. The fourth-order valence-electron chi connectivity index (χ4n) is 4.24. The molecule has 0 radical (unpaired) electrons. The summed E-state index contributed by atoms with van der Waals surface area (Å²) in [5.41, 5.74) is 2.51. The van der Waals surface area contributed by atoms with Crippen LogP contribution in [0.3, 0.4) is 0 Å².